The highest BCUT2D eigenvalue weighted by molar-refractivity contribution is 5.60. The van der Waals surface area contributed by atoms with Crippen LogP contribution in [-0.2, 0) is 4.74 Å². The van der Waals surface area contributed by atoms with Crippen molar-refractivity contribution in [1.29, 1.82) is 0 Å². The molecule has 1 aliphatic heterocycles. The van der Waals surface area contributed by atoms with E-state index in [-0.39, 0.29) is 11.4 Å². The highest BCUT2D eigenvalue weighted by Crippen LogP contribution is 2.32. The molecule has 34 heavy (non-hydrogen) atoms. The van der Waals surface area contributed by atoms with Crippen molar-refractivity contribution >= 4 is 17.5 Å². The molecule has 3 rings (SSSR count). The van der Waals surface area contributed by atoms with Crippen molar-refractivity contribution in [3.63, 3.8) is 0 Å². The molecule has 0 radical (unpaired) electrons. The first-order valence-electron chi connectivity index (χ1n) is 10.4. The van der Waals surface area contributed by atoms with E-state index in [4.69, 9.17) is 9.47 Å². The van der Waals surface area contributed by atoms with Gasteiger partial charge in [0, 0.05) is 31.4 Å². The Kier molecular flexibility index (Phi) is 8.22. The second-order valence-electron chi connectivity index (χ2n) is 7.84. The average molecular weight is 470 g/mol. The molecule has 180 valence electrons. The maximum absolute atomic E-state index is 11.4. The third-order valence-electron chi connectivity index (χ3n) is 5.23. The minimum Gasteiger partial charge on any atom is -0.455 e. The molecule has 1 fully saturated rings. The van der Waals surface area contributed by atoms with Crippen molar-refractivity contribution in [1.82, 2.24) is 0 Å². The Morgan fingerprint density at radius 3 is 2.44 bits per heavy atom. The number of nitrogens with zero attached hydrogens (tertiary/aromatic N) is 2. The van der Waals surface area contributed by atoms with E-state index >= 15 is 0 Å². The fourth-order valence-corrected chi connectivity index (χ4v) is 3.28. The Morgan fingerprint density at radius 2 is 1.82 bits per heavy atom. The summed E-state index contributed by atoms with van der Waals surface area (Å²) < 4.78 is 10.8. The number of rotatable bonds is 6. The molecule has 4 N–H and O–H groups in total. The van der Waals surface area contributed by atoms with Gasteiger partial charge in [-0.25, -0.2) is 0 Å². The van der Waals surface area contributed by atoms with Crippen molar-refractivity contribution in [2.24, 2.45) is 0 Å². The third kappa shape index (κ3) is 5.91. The molecule has 0 saturated carbocycles. The number of ether oxygens (including phenoxy) is 2. The van der Waals surface area contributed by atoms with E-state index in [1.54, 1.807) is 12.2 Å². The number of nitro groups is 1. The predicted molar refractivity (Wildman–Crippen MR) is 124 cm³/mol. The highest BCUT2D eigenvalue weighted by atomic mass is 16.7. The summed E-state index contributed by atoms with van der Waals surface area (Å²) in [4.78, 5) is 12.7. The number of aliphatic hydroxyl groups is 4. The largest absolute Gasteiger partial charge is 0.455 e. The molecule has 0 bridgehead atoms. The van der Waals surface area contributed by atoms with Crippen molar-refractivity contribution in [2.75, 3.05) is 25.6 Å². The first-order valence-corrected chi connectivity index (χ1v) is 10.4. The number of nitro benzene ring substituents is 1. The topological polar surface area (TPSA) is 146 Å². The minimum absolute atomic E-state index is 0.219. The zero-order chi connectivity index (χ0) is 24.8. The molecule has 0 amide bonds. The van der Waals surface area contributed by atoms with Crippen LogP contribution in [0.2, 0.25) is 0 Å². The van der Waals surface area contributed by atoms with Gasteiger partial charge in [0.05, 0.1) is 11.5 Å². The Hall–Kier alpha value is -3.46. The molecule has 0 aromatic heterocycles. The van der Waals surface area contributed by atoms with Crippen LogP contribution in [0.4, 0.5) is 11.4 Å². The van der Waals surface area contributed by atoms with E-state index < -0.39 is 42.2 Å². The number of benzene rings is 2. The lowest BCUT2D eigenvalue weighted by molar-refractivity contribution is -0.387. The van der Waals surface area contributed by atoms with E-state index in [9.17, 15) is 30.5 Å². The molecule has 0 spiro atoms. The first-order chi connectivity index (χ1) is 16.2. The lowest BCUT2D eigenvalue weighted by Gasteiger charge is -2.39. The molecular weight excluding hydrogens is 444 g/mol. The number of hydrogen-bond donors (Lipinski definition) is 4. The molecule has 0 aliphatic carbocycles. The lowest BCUT2D eigenvalue weighted by atomic mass is 9.99. The minimum atomic E-state index is -1.69. The van der Waals surface area contributed by atoms with Gasteiger partial charge in [-0.2, -0.15) is 0 Å². The summed E-state index contributed by atoms with van der Waals surface area (Å²) in [6.07, 6.45) is -4.46. The first kappa shape index (κ1) is 25.2. The van der Waals surface area contributed by atoms with Gasteiger partial charge < -0.3 is 34.8 Å². The average Bonchev–Trinajstić information content (AvgIpc) is 2.82. The van der Waals surface area contributed by atoms with Crippen LogP contribution in [0.5, 0.6) is 5.75 Å². The number of anilines is 1. The highest BCUT2D eigenvalue weighted by Gasteiger charge is 2.45. The number of aliphatic hydroxyl groups excluding tert-OH is 4. The van der Waals surface area contributed by atoms with Crippen molar-refractivity contribution in [3.05, 3.63) is 69.8 Å². The fraction of sp³-hybridized carbons (Fsp3) is 0.333. The van der Waals surface area contributed by atoms with E-state index in [1.807, 2.05) is 43.3 Å². The molecular formula is C24H26N2O8. The van der Waals surface area contributed by atoms with Crippen LogP contribution in [0.15, 0.2) is 48.5 Å². The zero-order valence-corrected chi connectivity index (χ0v) is 18.6. The van der Waals surface area contributed by atoms with Crippen molar-refractivity contribution < 1.29 is 34.8 Å². The van der Waals surface area contributed by atoms with Crippen LogP contribution >= 0.6 is 0 Å². The van der Waals surface area contributed by atoms with Gasteiger partial charge in [0.15, 0.2) is 0 Å². The summed E-state index contributed by atoms with van der Waals surface area (Å²) in [7, 11) is 3.90. The maximum atomic E-state index is 11.4. The SMILES string of the molecule is CN(C)c1ccc(C#C/C=C/c2ccc([N+](=O)[O-])c(OC3O[C@H](CO)[C@@H](O)[C@H](O)[C@H]3O)c2)cc1. The quantitative estimate of drug-likeness (QED) is 0.275. The molecule has 10 nitrogen and oxygen atoms in total. The molecule has 1 aliphatic rings. The van der Waals surface area contributed by atoms with Crippen LogP contribution in [0.25, 0.3) is 6.08 Å². The summed E-state index contributed by atoms with van der Waals surface area (Å²) in [6.45, 7) is -0.647. The predicted octanol–water partition coefficient (Wildman–Crippen LogP) is 0.904. The van der Waals surface area contributed by atoms with Crippen LogP contribution < -0.4 is 9.64 Å². The molecule has 2 aromatic rings. The van der Waals surface area contributed by atoms with Crippen LogP contribution in [-0.4, -0.2) is 76.8 Å². The normalized spacial score (nSPS) is 24.4. The van der Waals surface area contributed by atoms with E-state index in [1.165, 1.54) is 18.2 Å². The van der Waals surface area contributed by atoms with Gasteiger partial charge in [-0.3, -0.25) is 10.1 Å². The standard InChI is InChI=1S/C24H26N2O8/c1-25(2)17-10-7-15(8-11-17)5-3-4-6-16-9-12-18(26(31)32)19(13-16)33-24-23(30)22(29)21(28)20(14-27)34-24/h4,6-13,20-24,27-30H,14H2,1-2H3/b6-4+/t20-,21-,22+,23-,24?/m1/s1. The second kappa shape index (κ2) is 11.1. The van der Waals surface area contributed by atoms with E-state index in [0.717, 1.165) is 11.3 Å². The number of allylic oxidation sites excluding steroid dienone is 1. The van der Waals surface area contributed by atoms with Gasteiger partial charge in [0.25, 0.3) is 0 Å². The van der Waals surface area contributed by atoms with Crippen LogP contribution in [0.1, 0.15) is 11.1 Å². The van der Waals surface area contributed by atoms with Crippen LogP contribution in [0.3, 0.4) is 0 Å². The molecule has 10 heteroatoms. The van der Waals surface area contributed by atoms with Gasteiger partial charge in [-0.15, -0.1) is 0 Å². The maximum Gasteiger partial charge on any atom is 0.311 e. The second-order valence-corrected chi connectivity index (χ2v) is 7.84. The number of hydrogen-bond acceptors (Lipinski definition) is 9. The van der Waals surface area contributed by atoms with Gasteiger partial charge in [-0.1, -0.05) is 11.8 Å². The van der Waals surface area contributed by atoms with E-state index in [2.05, 4.69) is 11.8 Å². The molecule has 5 atom stereocenters. The van der Waals surface area contributed by atoms with Crippen LogP contribution in [0, 0.1) is 22.0 Å². The smallest absolute Gasteiger partial charge is 0.311 e. The summed E-state index contributed by atoms with van der Waals surface area (Å²) in [5, 5.41) is 50.7. The summed E-state index contributed by atoms with van der Waals surface area (Å²) in [6, 6.07) is 11.8. The Bertz CT molecular complexity index is 1090. The third-order valence-corrected chi connectivity index (χ3v) is 5.23. The molecule has 1 unspecified atom stereocenters. The summed E-state index contributed by atoms with van der Waals surface area (Å²) >= 11 is 0. The van der Waals surface area contributed by atoms with Gasteiger partial charge in [-0.05, 0) is 54.1 Å². The Labute approximate surface area is 196 Å². The summed E-state index contributed by atoms with van der Waals surface area (Å²) in [5.41, 5.74) is 2.02. The van der Waals surface area contributed by atoms with Gasteiger partial charge in [0.1, 0.15) is 24.4 Å². The summed E-state index contributed by atoms with van der Waals surface area (Å²) in [5.74, 6) is 5.67. The van der Waals surface area contributed by atoms with Gasteiger partial charge >= 0.3 is 5.69 Å². The Balaban J connectivity index is 1.78. The molecule has 1 heterocycles. The van der Waals surface area contributed by atoms with E-state index in [0.29, 0.717) is 5.56 Å². The Morgan fingerprint density at radius 1 is 1.12 bits per heavy atom. The molecule has 1 saturated heterocycles. The molecule has 2 aromatic carbocycles. The monoisotopic (exact) mass is 470 g/mol. The lowest BCUT2D eigenvalue weighted by Crippen LogP contribution is -2.60. The fourth-order valence-electron chi connectivity index (χ4n) is 3.28. The zero-order valence-electron chi connectivity index (χ0n) is 18.6. The van der Waals surface area contributed by atoms with Crippen molar-refractivity contribution in [2.45, 2.75) is 30.7 Å². The van der Waals surface area contributed by atoms with Crippen molar-refractivity contribution in [3.8, 4) is 17.6 Å². The van der Waals surface area contributed by atoms with Gasteiger partial charge in [0.2, 0.25) is 12.0 Å².